The van der Waals surface area contributed by atoms with Crippen LogP contribution in [0.3, 0.4) is 0 Å². The van der Waals surface area contributed by atoms with Gasteiger partial charge in [0.05, 0.1) is 53.4 Å². The Morgan fingerprint density at radius 2 is 1.38 bits per heavy atom. The molecule has 288 valence electrons. The summed E-state index contributed by atoms with van der Waals surface area (Å²) in [6.45, 7) is 1.74. The molecule has 2 aliphatic carbocycles. The predicted octanol–water partition coefficient (Wildman–Crippen LogP) is 7.03. The van der Waals surface area contributed by atoms with Crippen molar-refractivity contribution >= 4 is 62.4 Å². The maximum Gasteiger partial charge on any atom is 0.352 e. The van der Waals surface area contributed by atoms with Crippen LogP contribution < -0.4 is 11.1 Å². The monoisotopic (exact) mass is 756 g/mol. The number of aromatic nitrogens is 6. The van der Waals surface area contributed by atoms with Crippen LogP contribution in [-0.4, -0.2) is 72.9 Å². The van der Waals surface area contributed by atoms with Crippen molar-refractivity contribution in [1.29, 1.82) is 0 Å². The van der Waals surface area contributed by atoms with E-state index in [0.29, 0.717) is 28.4 Å². The first-order valence-electron chi connectivity index (χ1n) is 18.4. The van der Waals surface area contributed by atoms with Gasteiger partial charge in [-0.1, -0.05) is 0 Å². The molecule has 0 saturated heterocycles. The molecule has 14 heteroatoms. The summed E-state index contributed by atoms with van der Waals surface area (Å²) < 4.78 is 15.6. The summed E-state index contributed by atoms with van der Waals surface area (Å²) >= 11 is 0. The van der Waals surface area contributed by atoms with Gasteiger partial charge >= 0.3 is 17.9 Å². The smallest absolute Gasteiger partial charge is 0.352 e. The lowest BCUT2D eigenvalue weighted by atomic mass is 10.2. The van der Waals surface area contributed by atoms with Crippen LogP contribution in [0.2, 0.25) is 0 Å². The number of carboxylic acids is 1. The van der Waals surface area contributed by atoms with E-state index < -0.39 is 5.97 Å². The molecule has 5 heterocycles. The molecule has 9 rings (SSSR count). The third-order valence-corrected chi connectivity index (χ3v) is 10.1. The number of fused-ring (bicyclic) bond motifs is 3. The summed E-state index contributed by atoms with van der Waals surface area (Å²) in [5.41, 5.74) is 12.9. The van der Waals surface area contributed by atoms with Crippen molar-refractivity contribution in [2.45, 2.75) is 38.8 Å². The van der Waals surface area contributed by atoms with Crippen LogP contribution in [0.25, 0.3) is 44.6 Å². The topological polar surface area (TPSA) is 181 Å². The number of carboxylic acid groups (broad SMARTS) is 1. The Morgan fingerprint density at radius 3 is 1.95 bits per heavy atom. The highest BCUT2D eigenvalue weighted by Gasteiger charge is 2.27. The van der Waals surface area contributed by atoms with Crippen molar-refractivity contribution in [3.8, 4) is 11.5 Å². The number of benzene rings is 2. The first kappa shape index (κ1) is 37.6. The van der Waals surface area contributed by atoms with Crippen LogP contribution in [0.1, 0.15) is 56.9 Å². The molecule has 56 heavy (non-hydrogen) atoms. The summed E-state index contributed by atoms with van der Waals surface area (Å²) in [4.78, 5) is 47.8. The number of nitrogen functional groups attached to an aromatic ring is 1. The van der Waals surface area contributed by atoms with Crippen LogP contribution >= 0.6 is 0 Å². The molecule has 0 unspecified atom stereocenters. The standard InChI is InChI=1S/C21H20N4O2.C12H12N2O2.C9H12N2O2/c1-24-17-8-7-15(21(26)27-2)10-16(17)23-20(24)18-11-14-4-3-9-22-19(14)25(18)12-13-5-6-13;15-12(16)10-6-9-2-1-5-13-11(9)14(10)7-8-3-4-8;1-11-8-4-3-6(5-7(8)10)9(12)13-2/h3-4,7-11,13H,5-6,12H2,1-2H3;1-2,5-6,8H,3-4,7H2,(H,15,16);3-5,11H,10H2,1-2H3. The number of hydrogen-bond acceptors (Lipinski definition) is 10. The normalized spacial score (nSPS) is 13.4. The van der Waals surface area contributed by atoms with E-state index in [1.807, 2.05) is 42.1 Å². The van der Waals surface area contributed by atoms with Gasteiger partial charge in [-0.3, -0.25) is 0 Å². The van der Waals surface area contributed by atoms with Crippen molar-refractivity contribution < 1.29 is 29.0 Å². The van der Waals surface area contributed by atoms with Gasteiger partial charge < -0.3 is 39.3 Å². The number of anilines is 2. The fraction of sp³-hybridized carbons (Fsp3) is 0.286. The van der Waals surface area contributed by atoms with Gasteiger partial charge in [-0.05, 0) is 110 Å². The second kappa shape index (κ2) is 16.0. The van der Waals surface area contributed by atoms with Gasteiger partial charge in [0.15, 0.2) is 5.82 Å². The minimum Gasteiger partial charge on any atom is -0.477 e. The van der Waals surface area contributed by atoms with E-state index in [2.05, 4.69) is 41.3 Å². The predicted molar refractivity (Wildman–Crippen MR) is 215 cm³/mol. The molecule has 0 bridgehead atoms. The lowest BCUT2D eigenvalue weighted by Crippen LogP contribution is -2.09. The Balaban J connectivity index is 0.000000141. The molecule has 7 aromatic rings. The highest BCUT2D eigenvalue weighted by atomic mass is 16.5. The van der Waals surface area contributed by atoms with Crippen molar-refractivity contribution in [2.24, 2.45) is 18.9 Å². The minimum atomic E-state index is -0.876. The lowest BCUT2D eigenvalue weighted by Gasteiger charge is -2.09. The summed E-state index contributed by atoms with van der Waals surface area (Å²) in [5.74, 6) is 0.632. The molecule has 14 nitrogen and oxygen atoms in total. The minimum absolute atomic E-state index is 0.348. The molecular weight excluding hydrogens is 713 g/mol. The van der Waals surface area contributed by atoms with Crippen molar-refractivity contribution in [2.75, 3.05) is 32.3 Å². The molecular formula is C42H44N8O6. The zero-order chi connectivity index (χ0) is 39.5. The zero-order valence-corrected chi connectivity index (χ0v) is 31.7. The number of esters is 2. The van der Waals surface area contributed by atoms with Crippen LogP contribution in [0.5, 0.6) is 0 Å². The number of nitrogens with zero attached hydrogens (tertiary/aromatic N) is 6. The number of ether oxygens (including phenoxy) is 2. The van der Waals surface area contributed by atoms with E-state index in [-0.39, 0.29) is 11.9 Å². The molecule has 2 aromatic carbocycles. The van der Waals surface area contributed by atoms with Crippen LogP contribution in [0, 0.1) is 11.8 Å². The third-order valence-electron chi connectivity index (χ3n) is 10.1. The summed E-state index contributed by atoms with van der Waals surface area (Å²) in [5, 5.41) is 14.1. The van der Waals surface area contributed by atoms with Gasteiger partial charge in [0.2, 0.25) is 0 Å². The highest BCUT2D eigenvalue weighted by Crippen LogP contribution is 2.36. The van der Waals surface area contributed by atoms with Gasteiger partial charge in [-0.25, -0.2) is 29.3 Å². The summed E-state index contributed by atoms with van der Waals surface area (Å²) in [6.07, 6.45) is 8.50. The number of pyridine rings is 2. The average molecular weight is 757 g/mol. The van der Waals surface area contributed by atoms with Gasteiger partial charge in [0.1, 0.15) is 17.0 Å². The number of carbonyl (C=O) groups is 3. The van der Waals surface area contributed by atoms with Crippen LogP contribution in [-0.2, 0) is 29.6 Å². The van der Waals surface area contributed by atoms with E-state index in [0.717, 1.165) is 69.3 Å². The van der Waals surface area contributed by atoms with E-state index >= 15 is 0 Å². The number of carbonyl (C=O) groups excluding carboxylic acids is 2. The van der Waals surface area contributed by atoms with Crippen molar-refractivity contribution in [3.05, 3.63) is 102 Å². The molecule has 0 spiro atoms. The van der Waals surface area contributed by atoms with Crippen LogP contribution in [0.15, 0.2) is 85.2 Å². The molecule has 0 radical (unpaired) electrons. The van der Waals surface area contributed by atoms with Crippen LogP contribution in [0.4, 0.5) is 11.4 Å². The fourth-order valence-corrected chi connectivity index (χ4v) is 6.73. The number of aromatic carboxylic acids is 1. The molecule has 0 atom stereocenters. The molecule has 5 aromatic heterocycles. The quantitative estimate of drug-likeness (QED) is 0.102. The molecule has 0 amide bonds. The Hall–Kier alpha value is -6.70. The third kappa shape index (κ3) is 7.90. The second-order valence-corrected chi connectivity index (χ2v) is 14.0. The number of imidazole rings is 1. The number of aryl methyl sites for hydroxylation is 1. The Morgan fingerprint density at radius 1 is 0.804 bits per heavy atom. The number of methoxy groups -OCH3 is 2. The molecule has 2 aliphatic rings. The molecule has 4 N–H and O–H groups in total. The lowest BCUT2D eigenvalue weighted by molar-refractivity contribution is 0.0592. The fourth-order valence-electron chi connectivity index (χ4n) is 6.73. The van der Waals surface area contributed by atoms with E-state index in [1.54, 1.807) is 49.6 Å². The summed E-state index contributed by atoms with van der Waals surface area (Å²) in [7, 11) is 6.50. The second-order valence-electron chi connectivity index (χ2n) is 14.0. The van der Waals surface area contributed by atoms with E-state index in [4.69, 9.17) is 20.6 Å². The number of hydrogen-bond donors (Lipinski definition) is 3. The Bertz CT molecular complexity index is 2580. The number of nitrogens with one attached hydrogen (secondary N) is 1. The van der Waals surface area contributed by atoms with Crippen molar-refractivity contribution in [3.63, 3.8) is 0 Å². The van der Waals surface area contributed by atoms with Gasteiger partial charge in [0.25, 0.3) is 0 Å². The Labute approximate surface area is 322 Å². The highest BCUT2D eigenvalue weighted by molar-refractivity contribution is 5.95. The first-order valence-corrected chi connectivity index (χ1v) is 18.4. The molecule has 2 saturated carbocycles. The maximum absolute atomic E-state index is 11.8. The van der Waals surface area contributed by atoms with E-state index in [9.17, 15) is 14.4 Å². The molecule has 2 fully saturated rings. The van der Waals surface area contributed by atoms with Gasteiger partial charge in [0, 0.05) is 50.4 Å². The van der Waals surface area contributed by atoms with Gasteiger partial charge in [-0.15, -0.1) is 0 Å². The number of nitrogens with two attached hydrogens (primary N) is 1. The molecule has 0 aliphatic heterocycles. The van der Waals surface area contributed by atoms with Crippen molar-refractivity contribution in [1.82, 2.24) is 28.7 Å². The first-order chi connectivity index (χ1) is 27.1. The zero-order valence-electron chi connectivity index (χ0n) is 31.7. The largest absolute Gasteiger partial charge is 0.477 e. The SMILES string of the molecule is CNc1ccc(C(=O)OC)cc1N.COC(=O)c1ccc2c(c1)nc(-c1cc3cccnc3n1CC1CC1)n2C.O=C(O)c1cc2cccnc2n1CC1CC1. The summed E-state index contributed by atoms with van der Waals surface area (Å²) in [6, 6.07) is 22.1. The van der Waals surface area contributed by atoms with Gasteiger partial charge in [-0.2, -0.15) is 0 Å². The van der Waals surface area contributed by atoms with E-state index in [1.165, 1.54) is 39.9 Å². The number of rotatable bonds is 9. The maximum atomic E-state index is 11.8. The Kier molecular flexibility index (Phi) is 10.7. The average Bonchev–Trinajstić information content (AvgIpc) is 4.13.